The molecule has 1 amide bonds. The van der Waals surface area contributed by atoms with Gasteiger partial charge in [0.25, 0.3) is 0 Å². The molecular weight excluding hydrogens is 422 g/mol. The number of nitrogens with zero attached hydrogens (tertiary/aromatic N) is 1. The van der Waals surface area contributed by atoms with Crippen LogP contribution in [0.3, 0.4) is 0 Å². The molecule has 4 rings (SSSR count). The van der Waals surface area contributed by atoms with E-state index in [2.05, 4.69) is 6.58 Å². The van der Waals surface area contributed by atoms with Crippen molar-refractivity contribution in [2.45, 2.75) is 25.5 Å². The fourth-order valence-corrected chi connectivity index (χ4v) is 3.85. The largest absolute Gasteiger partial charge is 0.493 e. The number of carbonyl (C=O) groups excluding carboxylic acids is 1. The molecule has 0 radical (unpaired) electrons. The Labute approximate surface area is 194 Å². The molecule has 0 N–H and O–H groups in total. The van der Waals surface area contributed by atoms with Gasteiger partial charge in [-0.05, 0) is 54.3 Å². The van der Waals surface area contributed by atoms with E-state index in [1.54, 1.807) is 30.2 Å². The Kier molecular flexibility index (Phi) is 7.52. The van der Waals surface area contributed by atoms with Crippen molar-refractivity contribution in [2.75, 3.05) is 33.7 Å². The zero-order valence-corrected chi connectivity index (χ0v) is 18.8. The van der Waals surface area contributed by atoms with Crippen LogP contribution in [0.15, 0.2) is 55.1 Å². The number of fused-ring (bicyclic) bond motifs is 1. The van der Waals surface area contributed by atoms with Crippen molar-refractivity contribution < 1.29 is 28.5 Å². The maximum atomic E-state index is 13.2. The maximum Gasteiger partial charge on any atom is 0.246 e. The van der Waals surface area contributed by atoms with Gasteiger partial charge in [-0.3, -0.25) is 4.79 Å². The van der Waals surface area contributed by atoms with Gasteiger partial charge in [0.1, 0.15) is 6.61 Å². The summed E-state index contributed by atoms with van der Waals surface area (Å²) in [5.41, 5.74) is 1.82. The molecule has 2 aromatic rings. The summed E-state index contributed by atoms with van der Waals surface area (Å²) in [6.45, 7) is 5.98. The molecule has 0 spiro atoms. The number of rotatable bonds is 10. The van der Waals surface area contributed by atoms with Crippen LogP contribution < -0.4 is 18.9 Å². The van der Waals surface area contributed by atoms with Crippen LogP contribution >= 0.6 is 0 Å². The van der Waals surface area contributed by atoms with Crippen molar-refractivity contribution in [1.29, 1.82) is 0 Å². The van der Waals surface area contributed by atoms with E-state index in [4.69, 9.17) is 23.7 Å². The Morgan fingerprint density at radius 3 is 2.85 bits per heavy atom. The van der Waals surface area contributed by atoms with Crippen LogP contribution in [0.4, 0.5) is 0 Å². The first-order valence-electron chi connectivity index (χ1n) is 11.0. The van der Waals surface area contributed by atoms with Crippen molar-refractivity contribution in [2.24, 2.45) is 0 Å². The number of amides is 1. The Bertz CT molecular complexity index is 1010. The van der Waals surface area contributed by atoms with Crippen molar-refractivity contribution in [3.8, 4) is 23.0 Å². The molecule has 174 valence electrons. The summed E-state index contributed by atoms with van der Waals surface area (Å²) in [5.74, 6) is 2.57. The zero-order chi connectivity index (χ0) is 23.0. The third-order valence-corrected chi connectivity index (χ3v) is 5.53. The molecule has 1 fully saturated rings. The Hall–Kier alpha value is -3.45. The number of hydrogen-bond donors (Lipinski definition) is 0. The second-order valence-corrected chi connectivity index (χ2v) is 7.88. The van der Waals surface area contributed by atoms with Crippen LogP contribution in [0.2, 0.25) is 0 Å². The molecular formula is C26H29NO6. The third-order valence-electron chi connectivity index (χ3n) is 5.53. The van der Waals surface area contributed by atoms with E-state index < -0.39 is 0 Å². The first kappa shape index (κ1) is 22.7. The Morgan fingerprint density at radius 1 is 1.18 bits per heavy atom. The summed E-state index contributed by atoms with van der Waals surface area (Å²) in [7, 11) is 1.60. The van der Waals surface area contributed by atoms with E-state index in [1.807, 2.05) is 36.4 Å². The molecule has 2 aliphatic rings. The lowest BCUT2D eigenvalue weighted by molar-refractivity contribution is -0.128. The van der Waals surface area contributed by atoms with Gasteiger partial charge < -0.3 is 28.6 Å². The van der Waals surface area contributed by atoms with Gasteiger partial charge >= 0.3 is 0 Å². The van der Waals surface area contributed by atoms with Crippen molar-refractivity contribution >= 4 is 12.0 Å². The number of hydrogen-bond acceptors (Lipinski definition) is 6. The lowest BCUT2D eigenvalue weighted by Crippen LogP contribution is -2.35. The lowest BCUT2D eigenvalue weighted by Gasteiger charge is -2.25. The highest BCUT2D eigenvalue weighted by Gasteiger charge is 2.22. The van der Waals surface area contributed by atoms with Gasteiger partial charge in [0.05, 0.1) is 13.2 Å². The first-order valence-corrected chi connectivity index (χ1v) is 11.0. The predicted molar refractivity (Wildman–Crippen MR) is 125 cm³/mol. The van der Waals surface area contributed by atoms with E-state index in [0.717, 1.165) is 30.6 Å². The lowest BCUT2D eigenvalue weighted by atomic mass is 10.1. The number of ether oxygens (including phenoxy) is 5. The summed E-state index contributed by atoms with van der Waals surface area (Å²) >= 11 is 0. The van der Waals surface area contributed by atoms with Gasteiger partial charge in [-0.25, -0.2) is 0 Å². The van der Waals surface area contributed by atoms with E-state index in [9.17, 15) is 4.79 Å². The van der Waals surface area contributed by atoms with Crippen LogP contribution in [0.1, 0.15) is 24.0 Å². The van der Waals surface area contributed by atoms with Crippen LogP contribution in [-0.4, -0.2) is 50.6 Å². The molecule has 0 saturated carbocycles. The summed E-state index contributed by atoms with van der Waals surface area (Å²) in [6.07, 6.45) is 7.08. The van der Waals surface area contributed by atoms with Gasteiger partial charge in [-0.2, -0.15) is 0 Å². The van der Waals surface area contributed by atoms with Gasteiger partial charge in [0.2, 0.25) is 12.7 Å². The third kappa shape index (κ3) is 5.87. The van der Waals surface area contributed by atoms with Crippen LogP contribution in [0.5, 0.6) is 23.0 Å². The van der Waals surface area contributed by atoms with Crippen molar-refractivity contribution in [3.63, 3.8) is 0 Å². The van der Waals surface area contributed by atoms with E-state index in [0.29, 0.717) is 42.7 Å². The smallest absolute Gasteiger partial charge is 0.246 e. The minimum absolute atomic E-state index is 0.0463. The number of benzene rings is 2. The molecule has 1 atom stereocenters. The molecule has 2 aromatic carbocycles. The summed E-state index contributed by atoms with van der Waals surface area (Å²) < 4.78 is 27.7. The Balaban J connectivity index is 1.49. The molecule has 7 heteroatoms. The van der Waals surface area contributed by atoms with Gasteiger partial charge in [0, 0.05) is 25.8 Å². The first-order chi connectivity index (χ1) is 16.2. The molecule has 2 aliphatic heterocycles. The van der Waals surface area contributed by atoms with Crippen LogP contribution in [-0.2, 0) is 16.1 Å². The van der Waals surface area contributed by atoms with E-state index >= 15 is 0 Å². The second-order valence-electron chi connectivity index (χ2n) is 7.88. The molecule has 0 aliphatic carbocycles. The predicted octanol–water partition coefficient (Wildman–Crippen LogP) is 4.21. The zero-order valence-electron chi connectivity index (χ0n) is 18.8. The quantitative estimate of drug-likeness (QED) is 0.398. The average Bonchev–Trinajstić information content (AvgIpc) is 3.52. The molecule has 0 aromatic heterocycles. The van der Waals surface area contributed by atoms with Gasteiger partial charge in [-0.1, -0.05) is 24.8 Å². The summed E-state index contributed by atoms with van der Waals surface area (Å²) in [4.78, 5) is 15.0. The molecule has 0 bridgehead atoms. The molecule has 33 heavy (non-hydrogen) atoms. The van der Waals surface area contributed by atoms with Crippen LogP contribution in [0.25, 0.3) is 6.08 Å². The normalized spacial score (nSPS) is 16.7. The van der Waals surface area contributed by atoms with Gasteiger partial charge in [-0.15, -0.1) is 0 Å². The highest BCUT2D eigenvalue weighted by Crippen LogP contribution is 2.33. The number of carbonyl (C=O) groups is 1. The molecule has 1 saturated heterocycles. The standard InChI is InChI=1S/C26H29NO6/c1-3-12-31-22-10-7-20(15-24(22)29-2)16-27(17-21-5-4-13-30-21)26(28)11-8-19-6-9-23-25(14-19)33-18-32-23/h3,6-11,14-15,21H,1,4-5,12-13,16-18H2,2H3/b11-8+. The molecule has 2 heterocycles. The van der Waals surface area contributed by atoms with Crippen LogP contribution in [0, 0.1) is 0 Å². The highest BCUT2D eigenvalue weighted by atomic mass is 16.7. The minimum atomic E-state index is -0.0888. The monoisotopic (exact) mass is 451 g/mol. The fraction of sp³-hybridized carbons (Fsp3) is 0.346. The van der Waals surface area contributed by atoms with E-state index in [1.165, 1.54) is 0 Å². The summed E-state index contributed by atoms with van der Waals surface area (Å²) in [6, 6.07) is 11.3. The highest BCUT2D eigenvalue weighted by molar-refractivity contribution is 5.92. The second kappa shape index (κ2) is 10.9. The number of methoxy groups -OCH3 is 1. The average molecular weight is 452 g/mol. The SMILES string of the molecule is C=CCOc1ccc(CN(CC2CCCO2)C(=O)/C=C/c2ccc3c(c2)OCO3)cc1OC. The fourth-order valence-electron chi connectivity index (χ4n) is 3.85. The van der Waals surface area contributed by atoms with Crippen molar-refractivity contribution in [1.82, 2.24) is 4.90 Å². The maximum absolute atomic E-state index is 13.2. The molecule has 7 nitrogen and oxygen atoms in total. The van der Waals surface area contributed by atoms with Gasteiger partial charge in [0.15, 0.2) is 23.0 Å². The topological polar surface area (TPSA) is 66.5 Å². The molecule has 1 unspecified atom stereocenters. The Morgan fingerprint density at radius 2 is 2.06 bits per heavy atom. The van der Waals surface area contributed by atoms with Crippen molar-refractivity contribution in [3.05, 3.63) is 66.3 Å². The van der Waals surface area contributed by atoms with E-state index in [-0.39, 0.29) is 18.8 Å². The summed E-state index contributed by atoms with van der Waals surface area (Å²) in [5, 5.41) is 0. The minimum Gasteiger partial charge on any atom is -0.493 e.